The van der Waals surface area contributed by atoms with Gasteiger partial charge in [-0.1, -0.05) is 11.6 Å². The first-order chi connectivity index (χ1) is 8.72. The van der Waals surface area contributed by atoms with E-state index in [4.69, 9.17) is 17.0 Å². The van der Waals surface area contributed by atoms with Gasteiger partial charge in [-0.2, -0.15) is 0 Å². The van der Waals surface area contributed by atoms with Gasteiger partial charge in [0.25, 0.3) is 0 Å². The van der Waals surface area contributed by atoms with Gasteiger partial charge in [0.15, 0.2) is 0 Å². The summed E-state index contributed by atoms with van der Waals surface area (Å²) < 4.78 is 15.2. The highest BCUT2D eigenvalue weighted by Gasteiger charge is 2.25. The SMILES string of the molecule is CCOC.CS(=O)C=N/C=C(\C(=N)Cl)C(C)(C)C=O. The fourth-order valence-corrected chi connectivity index (χ4v) is 1.28. The standard InChI is InChI=1S/C9H13ClN2O2S.C3H8O/c1-9(2,5-13)7(8(10)11)4-12-6-15(3)14;1-3-4-2/h4-6,11H,1-3H3;3H2,1-2H3/b7-4+,11-8?,12-6?;. The van der Waals surface area contributed by atoms with Gasteiger partial charge in [-0.15, -0.1) is 0 Å². The third kappa shape index (κ3) is 10.7. The van der Waals surface area contributed by atoms with Crippen molar-refractivity contribution in [2.45, 2.75) is 20.8 Å². The molecule has 0 saturated heterocycles. The second-order valence-electron chi connectivity index (χ2n) is 4.03. The minimum atomic E-state index is -1.16. The normalized spacial score (nSPS) is 13.7. The van der Waals surface area contributed by atoms with Crippen molar-refractivity contribution in [3.8, 4) is 0 Å². The predicted octanol–water partition coefficient (Wildman–Crippen LogP) is 2.37. The average molecular weight is 309 g/mol. The third-order valence-corrected chi connectivity index (χ3v) is 2.55. The molecule has 19 heavy (non-hydrogen) atoms. The monoisotopic (exact) mass is 308 g/mol. The molecule has 0 bridgehead atoms. The summed E-state index contributed by atoms with van der Waals surface area (Å²) in [6.07, 6.45) is 3.44. The first-order valence-corrected chi connectivity index (χ1v) is 7.48. The van der Waals surface area contributed by atoms with Crippen molar-refractivity contribution < 1.29 is 13.7 Å². The number of carbonyl (C=O) groups is 1. The number of aliphatic imine (C=N–C) groups is 1. The molecule has 0 aliphatic heterocycles. The van der Waals surface area contributed by atoms with Crippen LogP contribution in [0.3, 0.4) is 0 Å². The van der Waals surface area contributed by atoms with E-state index in [0.29, 0.717) is 11.9 Å². The van der Waals surface area contributed by atoms with Crippen LogP contribution in [0.15, 0.2) is 16.8 Å². The Morgan fingerprint density at radius 3 is 2.26 bits per heavy atom. The van der Waals surface area contributed by atoms with Gasteiger partial charge in [0.2, 0.25) is 0 Å². The average Bonchev–Trinajstić information content (AvgIpc) is 2.33. The van der Waals surface area contributed by atoms with Gasteiger partial charge in [0.1, 0.15) is 11.5 Å². The number of carbonyl (C=O) groups excluding carboxylic acids is 1. The summed E-state index contributed by atoms with van der Waals surface area (Å²) in [5.41, 5.74) is 0.632. The lowest BCUT2D eigenvalue weighted by Crippen LogP contribution is -2.20. The lowest BCUT2D eigenvalue weighted by atomic mass is 9.87. The number of ether oxygens (including phenoxy) is 1. The van der Waals surface area contributed by atoms with Crippen LogP contribution in [0.5, 0.6) is 0 Å². The summed E-state index contributed by atoms with van der Waals surface area (Å²) in [4.78, 5) is 14.5. The number of rotatable bonds is 6. The Hall–Kier alpha value is -0.850. The molecule has 0 aromatic heterocycles. The molecule has 0 aliphatic rings. The minimum absolute atomic E-state index is 0.244. The van der Waals surface area contributed by atoms with Crippen molar-refractivity contribution in [2.24, 2.45) is 10.4 Å². The van der Waals surface area contributed by atoms with Crippen LogP contribution in [0.25, 0.3) is 0 Å². The van der Waals surface area contributed by atoms with E-state index in [0.717, 1.165) is 6.61 Å². The molecule has 0 radical (unpaired) electrons. The van der Waals surface area contributed by atoms with E-state index in [9.17, 15) is 9.00 Å². The maximum atomic E-state index is 10.8. The molecule has 0 aromatic rings. The molecule has 1 unspecified atom stereocenters. The number of nitrogens with zero attached hydrogens (tertiary/aromatic N) is 1. The van der Waals surface area contributed by atoms with Crippen LogP contribution in [0.4, 0.5) is 0 Å². The van der Waals surface area contributed by atoms with Crippen molar-refractivity contribution in [3.05, 3.63) is 11.8 Å². The molecule has 0 heterocycles. The zero-order chi connectivity index (χ0) is 15.5. The first-order valence-electron chi connectivity index (χ1n) is 5.48. The lowest BCUT2D eigenvalue weighted by Gasteiger charge is -2.18. The highest BCUT2D eigenvalue weighted by Crippen LogP contribution is 2.25. The van der Waals surface area contributed by atoms with Crippen molar-refractivity contribution in [2.75, 3.05) is 20.0 Å². The second-order valence-corrected chi connectivity index (χ2v) is 5.61. The van der Waals surface area contributed by atoms with Crippen molar-refractivity contribution >= 4 is 39.4 Å². The maximum Gasteiger partial charge on any atom is 0.130 e. The molecule has 0 saturated carbocycles. The van der Waals surface area contributed by atoms with E-state index in [-0.39, 0.29) is 5.17 Å². The molecule has 0 spiro atoms. The highest BCUT2D eigenvalue weighted by atomic mass is 35.5. The van der Waals surface area contributed by atoms with Gasteiger partial charge in [-0.3, -0.25) is 14.6 Å². The number of allylic oxidation sites excluding steroid dienone is 1. The first kappa shape index (κ1) is 20.5. The molecule has 0 aliphatic carbocycles. The fourth-order valence-electron chi connectivity index (χ4n) is 0.760. The number of hydrogen-bond donors (Lipinski definition) is 1. The molecular formula is C12H21ClN2O3S. The molecule has 0 rings (SSSR count). The van der Waals surface area contributed by atoms with Gasteiger partial charge in [-0.25, -0.2) is 0 Å². The van der Waals surface area contributed by atoms with Crippen LogP contribution in [-0.4, -0.2) is 41.2 Å². The van der Waals surface area contributed by atoms with Gasteiger partial charge < -0.3 is 9.53 Å². The Kier molecular flexibility index (Phi) is 11.9. The largest absolute Gasteiger partial charge is 0.385 e. The van der Waals surface area contributed by atoms with E-state index >= 15 is 0 Å². The Morgan fingerprint density at radius 1 is 1.53 bits per heavy atom. The Bertz CT molecular complexity index is 377. The highest BCUT2D eigenvalue weighted by molar-refractivity contribution is 7.97. The molecule has 0 fully saturated rings. The van der Waals surface area contributed by atoms with Crippen LogP contribution >= 0.6 is 11.6 Å². The minimum Gasteiger partial charge on any atom is -0.385 e. The Balaban J connectivity index is 0. The summed E-state index contributed by atoms with van der Waals surface area (Å²) in [5, 5.41) is 7.04. The molecular weight excluding hydrogens is 288 g/mol. The summed E-state index contributed by atoms with van der Waals surface area (Å²) in [7, 11) is 0.518. The number of hydrogen-bond acceptors (Lipinski definition) is 5. The Labute approximate surface area is 122 Å². The molecule has 1 N–H and O–H groups in total. The van der Waals surface area contributed by atoms with Crippen LogP contribution in [0, 0.1) is 10.8 Å². The zero-order valence-corrected chi connectivity index (χ0v) is 13.5. The number of halogens is 1. The molecule has 110 valence electrons. The number of methoxy groups -OCH3 is 1. The van der Waals surface area contributed by atoms with Crippen LogP contribution < -0.4 is 0 Å². The Morgan fingerprint density at radius 2 is 2.00 bits per heavy atom. The van der Waals surface area contributed by atoms with Crippen LogP contribution in [-0.2, 0) is 20.3 Å². The smallest absolute Gasteiger partial charge is 0.130 e. The summed E-state index contributed by atoms with van der Waals surface area (Å²) >= 11 is 5.53. The number of aldehydes is 1. The van der Waals surface area contributed by atoms with Crippen LogP contribution in [0.1, 0.15) is 20.8 Å². The van der Waals surface area contributed by atoms with Gasteiger partial charge in [0, 0.05) is 37.2 Å². The third-order valence-electron chi connectivity index (χ3n) is 1.93. The lowest BCUT2D eigenvalue weighted by molar-refractivity contribution is -0.113. The number of nitrogens with one attached hydrogen (secondary N) is 1. The van der Waals surface area contributed by atoms with E-state index in [1.165, 1.54) is 18.0 Å². The van der Waals surface area contributed by atoms with Crippen LogP contribution in [0.2, 0.25) is 0 Å². The van der Waals surface area contributed by atoms with Crippen molar-refractivity contribution in [1.82, 2.24) is 0 Å². The van der Waals surface area contributed by atoms with Gasteiger partial charge in [0.05, 0.1) is 16.3 Å². The maximum absolute atomic E-state index is 10.8. The van der Waals surface area contributed by atoms with Crippen molar-refractivity contribution in [3.63, 3.8) is 0 Å². The summed E-state index contributed by atoms with van der Waals surface area (Å²) in [6.45, 7) is 6.03. The van der Waals surface area contributed by atoms with E-state index in [2.05, 4.69) is 9.73 Å². The van der Waals surface area contributed by atoms with Gasteiger partial charge >= 0.3 is 0 Å². The second kappa shape index (κ2) is 11.0. The van der Waals surface area contributed by atoms with E-state index in [1.807, 2.05) is 6.92 Å². The zero-order valence-electron chi connectivity index (χ0n) is 11.9. The molecule has 0 amide bonds. The predicted molar refractivity (Wildman–Crippen MR) is 81.6 cm³/mol. The van der Waals surface area contributed by atoms with E-state index in [1.54, 1.807) is 21.0 Å². The molecule has 7 heteroatoms. The summed E-state index contributed by atoms with van der Waals surface area (Å²) in [6, 6.07) is 0. The summed E-state index contributed by atoms with van der Waals surface area (Å²) in [5.74, 6) is 0. The topological polar surface area (TPSA) is 79.6 Å². The molecule has 1 atom stereocenters. The van der Waals surface area contributed by atoms with Gasteiger partial charge in [-0.05, 0) is 20.8 Å². The fraction of sp³-hybridized carbons (Fsp3) is 0.583. The molecule has 5 nitrogen and oxygen atoms in total. The van der Waals surface area contributed by atoms with E-state index < -0.39 is 16.2 Å². The quantitative estimate of drug-likeness (QED) is 0.465. The molecule has 0 aromatic carbocycles. The van der Waals surface area contributed by atoms with Crippen molar-refractivity contribution in [1.29, 1.82) is 5.41 Å².